The number of carbonyl (C=O) groups is 1. The van der Waals surface area contributed by atoms with Gasteiger partial charge in [-0.3, -0.25) is 9.59 Å². The molecule has 2 aromatic carbocycles. The molecule has 2 aromatic heterocycles. The molecule has 0 fully saturated rings. The fraction of sp³-hybridized carbons (Fsp3) is 0.158. The number of H-pyrrole nitrogens is 1. The molecule has 2 N–H and O–H groups in total. The Hall–Kier alpha value is -3.55. The quantitative estimate of drug-likeness (QED) is 0.564. The summed E-state index contributed by atoms with van der Waals surface area (Å²) in [6.45, 7) is 0.150. The summed E-state index contributed by atoms with van der Waals surface area (Å²) >= 11 is 0. The zero-order chi connectivity index (χ0) is 18.8. The monoisotopic (exact) mass is 365 g/mol. The molecule has 0 saturated heterocycles. The number of benzene rings is 2. The largest absolute Gasteiger partial charge is 0.361 e. The van der Waals surface area contributed by atoms with Crippen molar-refractivity contribution in [1.82, 2.24) is 25.3 Å². The smallest absolute Gasteiger partial charge is 0.278 e. The van der Waals surface area contributed by atoms with E-state index in [0.717, 1.165) is 21.1 Å². The Balaban J connectivity index is 1.40. The molecule has 1 amide bonds. The molecule has 4 rings (SSSR count). The summed E-state index contributed by atoms with van der Waals surface area (Å²) in [5, 5.41) is 11.7. The molecular formula is C19H16FN5O2. The summed E-state index contributed by atoms with van der Waals surface area (Å²) in [6.07, 6.45) is 2.34. The highest BCUT2D eigenvalue weighted by molar-refractivity contribution is 5.83. The van der Waals surface area contributed by atoms with Gasteiger partial charge in [0.15, 0.2) is 0 Å². The van der Waals surface area contributed by atoms with Crippen LogP contribution in [-0.2, 0) is 17.8 Å². The van der Waals surface area contributed by atoms with Crippen LogP contribution in [0.15, 0.2) is 53.5 Å². The third kappa shape index (κ3) is 3.41. The van der Waals surface area contributed by atoms with Gasteiger partial charge >= 0.3 is 0 Å². The summed E-state index contributed by atoms with van der Waals surface area (Å²) in [7, 11) is 0. The van der Waals surface area contributed by atoms with Gasteiger partial charge in [-0.05, 0) is 42.3 Å². The normalized spacial score (nSPS) is 11.1. The van der Waals surface area contributed by atoms with Gasteiger partial charge in [0, 0.05) is 23.6 Å². The first kappa shape index (κ1) is 16.9. The van der Waals surface area contributed by atoms with E-state index in [1.54, 1.807) is 36.5 Å². The molecule has 27 heavy (non-hydrogen) atoms. The second kappa shape index (κ2) is 6.99. The lowest BCUT2D eigenvalue weighted by Crippen LogP contribution is -2.35. The van der Waals surface area contributed by atoms with E-state index in [4.69, 9.17) is 0 Å². The molecule has 4 aromatic rings. The van der Waals surface area contributed by atoms with Crippen LogP contribution in [0.1, 0.15) is 5.56 Å². The Labute approximate surface area is 152 Å². The third-order valence-electron chi connectivity index (χ3n) is 4.37. The number of hydrogen-bond acceptors (Lipinski definition) is 4. The Morgan fingerprint density at radius 2 is 2.04 bits per heavy atom. The van der Waals surface area contributed by atoms with Crippen LogP contribution in [0.5, 0.6) is 0 Å². The fourth-order valence-electron chi connectivity index (χ4n) is 3.01. The maximum atomic E-state index is 13.4. The maximum absolute atomic E-state index is 13.4. The maximum Gasteiger partial charge on any atom is 0.278 e. The van der Waals surface area contributed by atoms with Crippen molar-refractivity contribution >= 4 is 27.7 Å². The van der Waals surface area contributed by atoms with Crippen LogP contribution in [0.3, 0.4) is 0 Å². The predicted octanol–water partition coefficient (Wildman–Crippen LogP) is 1.77. The minimum atomic E-state index is -0.358. The highest BCUT2D eigenvalue weighted by atomic mass is 19.1. The van der Waals surface area contributed by atoms with Crippen molar-refractivity contribution in [2.45, 2.75) is 13.0 Å². The minimum absolute atomic E-state index is 0.209. The number of nitrogens with zero attached hydrogens (tertiary/aromatic N) is 3. The molecule has 7 nitrogen and oxygen atoms in total. The van der Waals surface area contributed by atoms with Gasteiger partial charge in [-0.1, -0.05) is 17.3 Å². The summed E-state index contributed by atoms with van der Waals surface area (Å²) in [5.74, 6) is -0.644. The lowest BCUT2D eigenvalue weighted by Gasteiger charge is -2.06. The minimum Gasteiger partial charge on any atom is -0.361 e. The van der Waals surface area contributed by atoms with Crippen LogP contribution in [0, 0.1) is 5.82 Å². The fourth-order valence-corrected chi connectivity index (χ4v) is 3.01. The Kier molecular flexibility index (Phi) is 4.37. The van der Waals surface area contributed by atoms with Gasteiger partial charge < -0.3 is 10.3 Å². The molecule has 0 aliphatic rings. The van der Waals surface area contributed by atoms with Crippen molar-refractivity contribution in [1.29, 1.82) is 0 Å². The van der Waals surface area contributed by atoms with E-state index in [9.17, 15) is 14.0 Å². The summed E-state index contributed by atoms with van der Waals surface area (Å²) < 4.78 is 14.4. The molecule has 0 aliphatic carbocycles. The van der Waals surface area contributed by atoms with Crippen LogP contribution in [0.25, 0.3) is 21.8 Å². The van der Waals surface area contributed by atoms with Gasteiger partial charge in [0.1, 0.15) is 17.9 Å². The average Bonchev–Trinajstić information content (AvgIpc) is 3.06. The highest BCUT2D eigenvalue weighted by Gasteiger charge is 2.10. The molecule has 0 spiro atoms. The highest BCUT2D eigenvalue weighted by Crippen LogP contribution is 2.19. The van der Waals surface area contributed by atoms with E-state index in [2.05, 4.69) is 20.6 Å². The Morgan fingerprint density at radius 1 is 1.19 bits per heavy atom. The van der Waals surface area contributed by atoms with Gasteiger partial charge in [-0.15, -0.1) is 5.10 Å². The number of carbonyl (C=O) groups excluding carboxylic acids is 1. The summed E-state index contributed by atoms with van der Waals surface area (Å²) in [5.41, 5.74) is 1.89. The first-order valence-electron chi connectivity index (χ1n) is 8.46. The van der Waals surface area contributed by atoms with Gasteiger partial charge in [0.2, 0.25) is 5.91 Å². The van der Waals surface area contributed by atoms with E-state index in [0.29, 0.717) is 23.9 Å². The molecule has 2 heterocycles. The van der Waals surface area contributed by atoms with Crippen molar-refractivity contribution < 1.29 is 9.18 Å². The van der Waals surface area contributed by atoms with Crippen molar-refractivity contribution in [3.63, 3.8) is 0 Å². The van der Waals surface area contributed by atoms with E-state index in [1.807, 2.05) is 0 Å². The number of rotatable bonds is 5. The van der Waals surface area contributed by atoms with Crippen LogP contribution in [-0.4, -0.2) is 32.4 Å². The van der Waals surface area contributed by atoms with Gasteiger partial charge in [0.05, 0.1) is 5.39 Å². The standard InChI is InChI=1S/C19H16FN5O2/c20-13-5-6-16-15(9-13)12(10-22-16)7-8-21-18(26)11-25-19(27)14-3-1-2-4-17(14)23-24-25/h1-6,9-10,22H,7-8,11H2,(H,21,26). The molecular weight excluding hydrogens is 349 g/mol. The van der Waals surface area contributed by atoms with Gasteiger partial charge in [-0.25, -0.2) is 9.07 Å². The molecule has 0 unspecified atom stereocenters. The molecule has 8 heteroatoms. The van der Waals surface area contributed by atoms with E-state index in [1.165, 1.54) is 12.1 Å². The number of hydrogen-bond donors (Lipinski definition) is 2. The number of amides is 1. The molecule has 0 bridgehead atoms. The molecule has 0 radical (unpaired) electrons. The molecule has 0 atom stereocenters. The first-order chi connectivity index (χ1) is 13.1. The zero-order valence-corrected chi connectivity index (χ0v) is 14.3. The number of halogens is 1. The number of fused-ring (bicyclic) bond motifs is 2. The van der Waals surface area contributed by atoms with Crippen molar-refractivity contribution in [3.05, 3.63) is 70.4 Å². The lowest BCUT2D eigenvalue weighted by molar-refractivity contribution is -0.121. The number of aromatic amines is 1. The topological polar surface area (TPSA) is 92.7 Å². The van der Waals surface area contributed by atoms with E-state index < -0.39 is 0 Å². The zero-order valence-electron chi connectivity index (χ0n) is 14.3. The van der Waals surface area contributed by atoms with Crippen LogP contribution in [0.4, 0.5) is 4.39 Å². The lowest BCUT2D eigenvalue weighted by atomic mass is 10.1. The van der Waals surface area contributed by atoms with E-state index >= 15 is 0 Å². The SMILES string of the molecule is O=C(Cn1nnc2ccccc2c1=O)NCCc1c[nH]c2ccc(F)cc12. The second-order valence-corrected chi connectivity index (χ2v) is 6.17. The third-order valence-corrected chi connectivity index (χ3v) is 4.37. The first-order valence-corrected chi connectivity index (χ1v) is 8.46. The molecule has 0 saturated carbocycles. The molecule has 0 aliphatic heterocycles. The Bertz CT molecular complexity index is 1200. The average molecular weight is 365 g/mol. The van der Waals surface area contributed by atoms with Gasteiger partial charge in [-0.2, -0.15) is 0 Å². The summed E-state index contributed by atoms with van der Waals surface area (Å²) in [6, 6.07) is 11.4. The van der Waals surface area contributed by atoms with Crippen molar-refractivity contribution in [2.24, 2.45) is 0 Å². The van der Waals surface area contributed by atoms with Crippen LogP contribution in [0.2, 0.25) is 0 Å². The van der Waals surface area contributed by atoms with Crippen LogP contribution >= 0.6 is 0 Å². The number of nitrogens with one attached hydrogen (secondary N) is 2. The van der Waals surface area contributed by atoms with Crippen LogP contribution < -0.4 is 10.9 Å². The predicted molar refractivity (Wildman–Crippen MR) is 98.8 cm³/mol. The molecule has 136 valence electrons. The van der Waals surface area contributed by atoms with Crippen molar-refractivity contribution in [3.8, 4) is 0 Å². The van der Waals surface area contributed by atoms with Crippen molar-refractivity contribution in [2.75, 3.05) is 6.54 Å². The number of aromatic nitrogens is 4. The van der Waals surface area contributed by atoms with E-state index in [-0.39, 0.29) is 23.8 Å². The van der Waals surface area contributed by atoms with Gasteiger partial charge in [0.25, 0.3) is 5.56 Å². The second-order valence-electron chi connectivity index (χ2n) is 6.17. The Morgan fingerprint density at radius 3 is 2.93 bits per heavy atom. The summed E-state index contributed by atoms with van der Waals surface area (Å²) in [4.78, 5) is 27.6.